The zero-order chi connectivity index (χ0) is 13.8. The number of hydrogen-bond donors (Lipinski definition) is 1. The predicted molar refractivity (Wildman–Crippen MR) is 77.1 cm³/mol. The lowest BCUT2D eigenvalue weighted by Gasteiger charge is -2.05. The highest BCUT2D eigenvalue weighted by molar-refractivity contribution is 5.70. The normalized spacial score (nSPS) is 11.2. The van der Waals surface area contributed by atoms with E-state index in [0.29, 0.717) is 0 Å². The van der Waals surface area contributed by atoms with Gasteiger partial charge in [0.2, 0.25) is 0 Å². The molecule has 104 valence electrons. The van der Waals surface area contributed by atoms with Crippen LogP contribution in [-0.4, -0.2) is 16.3 Å². The number of nitrogens with zero attached hydrogens (tertiary/aromatic N) is 2. The van der Waals surface area contributed by atoms with E-state index >= 15 is 0 Å². The van der Waals surface area contributed by atoms with Gasteiger partial charge in [0.25, 0.3) is 0 Å². The SMILES string of the molecule is CCCNCc1occc1-c1c(C)nn(CC)c1C. The van der Waals surface area contributed by atoms with Crippen molar-refractivity contribution in [1.82, 2.24) is 15.1 Å². The van der Waals surface area contributed by atoms with Crippen LogP contribution in [-0.2, 0) is 13.1 Å². The lowest BCUT2D eigenvalue weighted by Crippen LogP contribution is -2.13. The molecule has 2 aromatic rings. The Morgan fingerprint density at radius 2 is 2.11 bits per heavy atom. The Balaban J connectivity index is 2.32. The van der Waals surface area contributed by atoms with Crippen molar-refractivity contribution >= 4 is 0 Å². The fourth-order valence-corrected chi connectivity index (χ4v) is 2.47. The molecule has 0 saturated heterocycles. The first-order valence-corrected chi connectivity index (χ1v) is 7.00. The van der Waals surface area contributed by atoms with Gasteiger partial charge in [0.1, 0.15) is 5.76 Å². The van der Waals surface area contributed by atoms with Crippen LogP contribution in [0.2, 0.25) is 0 Å². The highest BCUT2D eigenvalue weighted by Gasteiger charge is 2.17. The molecule has 0 aliphatic carbocycles. The van der Waals surface area contributed by atoms with Gasteiger partial charge in [-0.1, -0.05) is 6.92 Å². The van der Waals surface area contributed by atoms with Crippen molar-refractivity contribution in [2.24, 2.45) is 0 Å². The molecule has 0 saturated carbocycles. The molecule has 0 aromatic carbocycles. The first-order chi connectivity index (χ1) is 9.19. The highest BCUT2D eigenvalue weighted by atomic mass is 16.3. The number of hydrogen-bond acceptors (Lipinski definition) is 3. The molecule has 4 heteroatoms. The monoisotopic (exact) mass is 261 g/mol. The fourth-order valence-electron chi connectivity index (χ4n) is 2.47. The van der Waals surface area contributed by atoms with Crippen molar-refractivity contribution < 1.29 is 4.42 Å². The Morgan fingerprint density at radius 3 is 2.74 bits per heavy atom. The van der Waals surface area contributed by atoms with E-state index in [0.717, 1.165) is 37.5 Å². The molecule has 0 unspecified atom stereocenters. The van der Waals surface area contributed by atoms with Crippen LogP contribution in [0.3, 0.4) is 0 Å². The van der Waals surface area contributed by atoms with Gasteiger partial charge in [-0.3, -0.25) is 4.68 Å². The molecule has 0 atom stereocenters. The van der Waals surface area contributed by atoms with Crippen molar-refractivity contribution in [2.45, 2.75) is 47.2 Å². The van der Waals surface area contributed by atoms with Gasteiger partial charge in [-0.05, 0) is 39.8 Å². The standard InChI is InChI=1S/C15H23N3O/c1-5-8-16-10-14-13(7-9-19-14)15-11(3)17-18(6-2)12(15)4/h7,9,16H,5-6,8,10H2,1-4H3. The van der Waals surface area contributed by atoms with Crippen LogP contribution in [0.4, 0.5) is 0 Å². The summed E-state index contributed by atoms with van der Waals surface area (Å²) in [5.41, 5.74) is 4.65. The molecule has 0 amide bonds. The molecule has 2 aromatic heterocycles. The second-order valence-electron chi connectivity index (χ2n) is 4.80. The number of furan rings is 1. The molecule has 19 heavy (non-hydrogen) atoms. The second kappa shape index (κ2) is 6.06. The summed E-state index contributed by atoms with van der Waals surface area (Å²) < 4.78 is 7.66. The van der Waals surface area contributed by atoms with Gasteiger partial charge in [-0.15, -0.1) is 0 Å². The summed E-state index contributed by atoms with van der Waals surface area (Å²) in [5, 5.41) is 7.96. The van der Waals surface area contributed by atoms with Gasteiger partial charge >= 0.3 is 0 Å². The van der Waals surface area contributed by atoms with Crippen LogP contribution >= 0.6 is 0 Å². The summed E-state index contributed by atoms with van der Waals surface area (Å²) in [4.78, 5) is 0. The van der Waals surface area contributed by atoms with Crippen LogP contribution in [0.15, 0.2) is 16.7 Å². The Labute approximate surface area is 114 Å². The minimum Gasteiger partial charge on any atom is -0.467 e. The average Bonchev–Trinajstić information content (AvgIpc) is 2.94. The van der Waals surface area contributed by atoms with Crippen molar-refractivity contribution in [3.63, 3.8) is 0 Å². The van der Waals surface area contributed by atoms with Crippen molar-refractivity contribution in [3.05, 3.63) is 29.5 Å². The van der Waals surface area contributed by atoms with Gasteiger partial charge in [-0.2, -0.15) is 5.10 Å². The molecule has 0 aliphatic rings. The van der Waals surface area contributed by atoms with E-state index in [-0.39, 0.29) is 0 Å². The van der Waals surface area contributed by atoms with Gasteiger partial charge < -0.3 is 9.73 Å². The van der Waals surface area contributed by atoms with Gasteiger partial charge in [0.05, 0.1) is 18.5 Å². The van der Waals surface area contributed by atoms with E-state index in [9.17, 15) is 0 Å². The Bertz CT molecular complexity index is 540. The van der Waals surface area contributed by atoms with Crippen molar-refractivity contribution in [1.29, 1.82) is 0 Å². The summed E-state index contributed by atoms with van der Waals surface area (Å²) >= 11 is 0. The topological polar surface area (TPSA) is 43.0 Å². The molecule has 4 nitrogen and oxygen atoms in total. The highest BCUT2D eigenvalue weighted by Crippen LogP contribution is 2.30. The maximum Gasteiger partial charge on any atom is 0.125 e. The van der Waals surface area contributed by atoms with E-state index < -0.39 is 0 Å². The van der Waals surface area contributed by atoms with Crippen LogP contribution in [0.1, 0.15) is 37.4 Å². The molecule has 2 heterocycles. The van der Waals surface area contributed by atoms with Crippen LogP contribution in [0, 0.1) is 13.8 Å². The minimum absolute atomic E-state index is 0.770. The third-order valence-corrected chi connectivity index (χ3v) is 3.41. The molecule has 0 radical (unpaired) electrons. The summed E-state index contributed by atoms with van der Waals surface area (Å²) in [7, 11) is 0. The maximum absolute atomic E-state index is 5.62. The number of rotatable bonds is 6. The molecule has 1 N–H and O–H groups in total. The largest absolute Gasteiger partial charge is 0.467 e. The van der Waals surface area contributed by atoms with Crippen molar-refractivity contribution in [3.8, 4) is 11.1 Å². The predicted octanol–water partition coefficient (Wildman–Crippen LogP) is 3.28. The molecule has 0 bridgehead atoms. The molecular formula is C15H23N3O. The first-order valence-electron chi connectivity index (χ1n) is 7.00. The number of aromatic nitrogens is 2. The number of nitrogens with one attached hydrogen (secondary N) is 1. The molecular weight excluding hydrogens is 238 g/mol. The Hall–Kier alpha value is -1.55. The Kier molecular flexibility index (Phi) is 4.43. The van der Waals surface area contributed by atoms with E-state index in [2.05, 4.69) is 38.1 Å². The smallest absolute Gasteiger partial charge is 0.125 e. The van der Waals surface area contributed by atoms with E-state index in [1.807, 2.05) is 10.7 Å². The van der Waals surface area contributed by atoms with Gasteiger partial charge in [0.15, 0.2) is 0 Å². The van der Waals surface area contributed by atoms with Gasteiger partial charge in [0, 0.05) is 23.4 Å². The summed E-state index contributed by atoms with van der Waals surface area (Å²) in [5.74, 6) is 0.996. The third-order valence-electron chi connectivity index (χ3n) is 3.41. The Morgan fingerprint density at radius 1 is 1.32 bits per heavy atom. The second-order valence-corrected chi connectivity index (χ2v) is 4.80. The van der Waals surface area contributed by atoms with Crippen LogP contribution in [0.25, 0.3) is 11.1 Å². The summed E-state index contributed by atoms with van der Waals surface area (Å²) in [6.45, 7) is 11.1. The van der Waals surface area contributed by atoms with Crippen LogP contribution < -0.4 is 5.32 Å². The lowest BCUT2D eigenvalue weighted by atomic mass is 10.0. The zero-order valence-electron chi connectivity index (χ0n) is 12.3. The quantitative estimate of drug-likeness (QED) is 0.811. The van der Waals surface area contributed by atoms with Crippen molar-refractivity contribution in [2.75, 3.05) is 6.54 Å². The summed E-state index contributed by atoms with van der Waals surface area (Å²) in [6.07, 6.45) is 2.89. The first kappa shape index (κ1) is 13.9. The van der Waals surface area contributed by atoms with E-state index in [1.54, 1.807) is 6.26 Å². The zero-order valence-corrected chi connectivity index (χ0v) is 12.3. The maximum atomic E-state index is 5.62. The lowest BCUT2D eigenvalue weighted by molar-refractivity contribution is 0.484. The fraction of sp³-hybridized carbons (Fsp3) is 0.533. The molecule has 0 spiro atoms. The van der Waals surface area contributed by atoms with E-state index in [1.165, 1.54) is 16.8 Å². The van der Waals surface area contributed by atoms with Crippen LogP contribution in [0.5, 0.6) is 0 Å². The summed E-state index contributed by atoms with van der Waals surface area (Å²) in [6, 6.07) is 2.04. The van der Waals surface area contributed by atoms with E-state index in [4.69, 9.17) is 4.42 Å². The molecule has 2 rings (SSSR count). The average molecular weight is 261 g/mol. The molecule has 0 aliphatic heterocycles. The molecule has 0 fully saturated rings. The third kappa shape index (κ3) is 2.73. The van der Waals surface area contributed by atoms with Gasteiger partial charge in [-0.25, -0.2) is 0 Å². The minimum atomic E-state index is 0.770. The number of aryl methyl sites for hydroxylation is 2.